The summed E-state index contributed by atoms with van der Waals surface area (Å²) in [5.41, 5.74) is 2.83. The van der Waals surface area contributed by atoms with Crippen LogP contribution in [0.3, 0.4) is 0 Å². The van der Waals surface area contributed by atoms with Gasteiger partial charge in [0.15, 0.2) is 0 Å². The maximum absolute atomic E-state index is 2.67. The van der Waals surface area contributed by atoms with E-state index in [1.165, 1.54) is 30.5 Å². The first-order chi connectivity index (χ1) is 12.2. The highest BCUT2D eigenvalue weighted by atomic mass is 15.1. The molecule has 0 aromatic heterocycles. The van der Waals surface area contributed by atoms with Gasteiger partial charge in [-0.2, -0.15) is 0 Å². The van der Waals surface area contributed by atoms with Gasteiger partial charge in [-0.25, -0.2) is 0 Å². The van der Waals surface area contributed by atoms with Gasteiger partial charge in [-0.3, -0.25) is 4.90 Å². The third kappa shape index (κ3) is 3.60. The number of hydrogen-bond acceptors (Lipinski definition) is 2. The van der Waals surface area contributed by atoms with Gasteiger partial charge in [0.2, 0.25) is 0 Å². The van der Waals surface area contributed by atoms with E-state index in [1.807, 2.05) is 0 Å². The smallest absolute Gasteiger partial charge is 0.0366 e. The molecule has 5 atom stereocenters. The Kier molecular flexibility index (Phi) is 5.08. The van der Waals surface area contributed by atoms with Crippen LogP contribution in [0.4, 0.5) is 5.69 Å². The van der Waals surface area contributed by atoms with Crippen LogP contribution in [-0.2, 0) is 6.54 Å². The van der Waals surface area contributed by atoms with Crippen molar-refractivity contribution in [2.45, 2.75) is 65.0 Å². The number of nitrogens with zero attached hydrogens (tertiary/aromatic N) is 2. The first-order valence-electron chi connectivity index (χ1n) is 10.7. The molecule has 0 amide bonds. The Morgan fingerprint density at radius 1 is 0.800 bits per heavy atom. The molecular formula is C23H36N2. The van der Waals surface area contributed by atoms with Crippen LogP contribution in [0, 0.1) is 23.7 Å². The molecule has 3 fully saturated rings. The molecule has 0 saturated heterocycles. The molecular weight excluding hydrogens is 304 g/mol. The third-order valence-electron chi connectivity index (χ3n) is 7.54. The van der Waals surface area contributed by atoms with Crippen molar-refractivity contribution in [1.82, 2.24) is 4.90 Å². The van der Waals surface area contributed by atoms with Crippen LogP contribution in [-0.4, -0.2) is 31.1 Å². The Labute approximate surface area is 154 Å². The lowest BCUT2D eigenvalue weighted by Gasteiger charge is -2.33. The highest BCUT2D eigenvalue weighted by Gasteiger charge is 2.45. The summed E-state index contributed by atoms with van der Waals surface area (Å²) in [4.78, 5) is 5.09. The summed E-state index contributed by atoms with van der Waals surface area (Å²) < 4.78 is 0. The molecule has 2 nitrogen and oxygen atoms in total. The summed E-state index contributed by atoms with van der Waals surface area (Å²) in [5.74, 6) is 4.23. The molecule has 138 valence electrons. The SMILES string of the molecule is CCN(CC)c1ccc(CN(C)C2C[C@H]3CC4C[C@@H](C3)C[C@@H]4C2)cc1. The van der Waals surface area contributed by atoms with Gasteiger partial charge in [-0.05, 0) is 101 Å². The van der Waals surface area contributed by atoms with Gasteiger partial charge < -0.3 is 4.90 Å². The topological polar surface area (TPSA) is 6.48 Å². The van der Waals surface area contributed by atoms with Crippen LogP contribution in [0.1, 0.15) is 57.9 Å². The van der Waals surface area contributed by atoms with Crippen LogP contribution < -0.4 is 4.90 Å². The Hall–Kier alpha value is -1.02. The van der Waals surface area contributed by atoms with Crippen LogP contribution in [0.2, 0.25) is 0 Å². The van der Waals surface area contributed by atoms with Gasteiger partial charge in [0.25, 0.3) is 0 Å². The van der Waals surface area contributed by atoms with Crippen LogP contribution in [0.15, 0.2) is 24.3 Å². The first-order valence-corrected chi connectivity index (χ1v) is 10.7. The lowest BCUT2D eigenvalue weighted by molar-refractivity contribution is 0.160. The number of rotatable bonds is 6. The highest BCUT2D eigenvalue weighted by Crippen LogP contribution is 2.53. The molecule has 3 aliphatic carbocycles. The van der Waals surface area contributed by atoms with E-state index in [0.29, 0.717) is 0 Å². The molecule has 4 rings (SSSR count). The first kappa shape index (κ1) is 17.4. The second-order valence-corrected chi connectivity index (χ2v) is 9.07. The molecule has 0 heterocycles. The minimum absolute atomic E-state index is 0.807. The predicted molar refractivity (Wildman–Crippen MR) is 107 cm³/mol. The van der Waals surface area contributed by atoms with Crippen molar-refractivity contribution in [2.24, 2.45) is 23.7 Å². The molecule has 2 heteroatoms. The Morgan fingerprint density at radius 3 is 2.04 bits per heavy atom. The zero-order chi connectivity index (χ0) is 17.4. The molecule has 0 radical (unpaired) electrons. The van der Waals surface area contributed by atoms with E-state index in [-0.39, 0.29) is 0 Å². The molecule has 2 unspecified atom stereocenters. The van der Waals surface area contributed by atoms with E-state index < -0.39 is 0 Å². The molecule has 3 bridgehead atoms. The zero-order valence-corrected chi connectivity index (χ0v) is 16.5. The second kappa shape index (κ2) is 7.31. The summed E-state index contributed by atoms with van der Waals surface area (Å²) >= 11 is 0. The molecule has 0 N–H and O–H groups in total. The summed E-state index contributed by atoms with van der Waals surface area (Å²) in [7, 11) is 2.37. The van der Waals surface area contributed by atoms with Crippen molar-refractivity contribution >= 4 is 5.69 Å². The van der Waals surface area contributed by atoms with Gasteiger partial charge in [0.1, 0.15) is 0 Å². The largest absolute Gasteiger partial charge is 0.372 e. The minimum atomic E-state index is 0.807. The highest BCUT2D eigenvalue weighted by molar-refractivity contribution is 5.47. The maximum Gasteiger partial charge on any atom is 0.0366 e. The second-order valence-electron chi connectivity index (χ2n) is 9.07. The fourth-order valence-electron chi connectivity index (χ4n) is 6.30. The predicted octanol–water partition coefficient (Wildman–Crippen LogP) is 5.18. The number of anilines is 1. The van der Waals surface area contributed by atoms with E-state index in [1.54, 1.807) is 19.3 Å². The number of fused-ring (bicyclic) bond motifs is 2. The van der Waals surface area contributed by atoms with Gasteiger partial charge in [0, 0.05) is 31.4 Å². The fourth-order valence-corrected chi connectivity index (χ4v) is 6.30. The molecule has 1 aromatic carbocycles. The van der Waals surface area contributed by atoms with E-state index in [0.717, 1.165) is 49.3 Å². The van der Waals surface area contributed by atoms with Gasteiger partial charge in [-0.1, -0.05) is 12.1 Å². The average molecular weight is 341 g/mol. The van der Waals surface area contributed by atoms with E-state index in [4.69, 9.17) is 0 Å². The summed E-state index contributed by atoms with van der Waals surface area (Å²) in [6.07, 6.45) is 9.11. The molecule has 3 saturated carbocycles. The summed E-state index contributed by atoms with van der Waals surface area (Å²) in [6.45, 7) is 7.75. The Bertz CT molecular complexity index is 560. The van der Waals surface area contributed by atoms with Crippen LogP contribution in [0.5, 0.6) is 0 Å². The molecule has 3 aliphatic rings. The van der Waals surface area contributed by atoms with Crippen molar-refractivity contribution in [2.75, 3.05) is 25.0 Å². The standard InChI is InChI=1S/C23H36N2/c1-4-25(5-2)22-8-6-17(7-9-22)16-24(3)23-14-19-10-18-11-20(13-19)21(12-18)15-23/h6-9,18-21,23H,4-5,10-16H2,1-3H3/t18-,19-,20?,21-,23?/m1/s1. The van der Waals surface area contributed by atoms with Crippen molar-refractivity contribution in [3.63, 3.8) is 0 Å². The quantitative estimate of drug-likeness (QED) is 0.704. The molecule has 0 aliphatic heterocycles. The summed E-state index contributed by atoms with van der Waals surface area (Å²) in [5, 5.41) is 0. The lowest BCUT2D eigenvalue weighted by Crippen LogP contribution is -2.34. The zero-order valence-electron chi connectivity index (χ0n) is 16.5. The van der Waals surface area contributed by atoms with Crippen molar-refractivity contribution < 1.29 is 0 Å². The normalized spacial score (nSPS) is 33.7. The molecule has 0 spiro atoms. The maximum atomic E-state index is 2.67. The summed E-state index contributed by atoms with van der Waals surface area (Å²) in [6, 6.07) is 10.1. The van der Waals surface area contributed by atoms with Crippen molar-refractivity contribution in [1.29, 1.82) is 0 Å². The van der Waals surface area contributed by atoms with Gasteiger partial charge in [0.05, 0.1) is 0 Å². The number of benzene rings is 1. The molecule has 25 heavy (non-hydrogen) atoms. The van der Waals surface area contributed by atoms with Gasteiger partial charge in [-0.15, -0.1) is 0 Å². The van der Waals surface area contributed by atoms with Crippen molar-refractivity contribution in [3.8, 4) is 0 Å². The lowest BCUT2D eigenvalue weighted by atomic mass is 9.79. The number of hydrogen-bond donors (Lipinski definition) is 0. The minimum Gasteiger partial charge on any atom is -0.372 e. The van der Waals surface area contributed by atoms with Crippen LogP contribution in [0.25, 0.3) is 0 Å². The average Bonchev–Trinajstić information content (AvgIpc) is 2.82. The third-order valence-corrected chi connectivity index (χ3v) is 7.54. The van der Waals surface area contributed by atoms with E-state index in [2.05, 4.69) is 55.0 Å². The Morgan fingerprint density at radius 2 is 1.40 bits per heavy atom. The fraction of sp³-hybridized carbons (Fsp3) is 0.739. The van der Waals surface area contributed by atoms with Gasteiger partial charge >= 0.3 is 0 Å². The monoisotopic (exact) mass is 340 g/mol. The molecule has 1 aromatic rings. The van der Waals surface area contributed by atoms with E-state index >= 15 is 0 Å². The van der Waals surface area contributed by atoms with Crippen molar-refractivity contribution in [3.05, 3.63) is 29.8 Å². The van der Waals surface area contributed by atoms with Crippen LogP contribution >= 0.6 is 0 Å². The Balaban J connectivity index is 1.39. The van der Waals surface area contributed by atoms with E-state index in [9.17, 15) is 0 Å².